The van der Waals surface area contributed by atoms with E-state index in [-0.39, 0.29) is 17.5 Å². The zero-order valence-corrected chi connectivity index (χ0v) is 12.1. The van der Waals surface area contributed by atoms with E-state index in [2.05, 4.69) is 5.92 Å². The van der Waals surface area contributed by atoms with Crippen LogP contribution in [-0.2, 0) is 15.7 Å². The molecule has 1 saturated heterocycles. The second-order valence-electron chi connectivity index (χ2n) is 5.16. The Morgan fingerprint density at radius 2 is 2.00 bits per heavy atom. The van der Waals surface area contributed by atoms with Gasteiger partial charge in [-0.2, -0.15) is 13.2 Å². The molecule has 0 atom stereocenters. The zero-order chi connectivity index (χ0) is 16.3. The molecule has 2 rings (SSSR count). The van der Waals surface area contributed by atoms with Gasteiger partial charge in [-0.1, -0.05) is 5.92 Å². The minimum absolute atomic E-state index is 0.162. The molecule has 1 aromatic carbocycles. The first-order chi connectivity index (χ1) is 10.4. The SMILES string of the molecule is C#Cc1cc(C(F)(F)F)ccc1N1CCC(C(=O)OC)CC1. The molecule has 0 spiro atoms. The maximum atomic E-state index is 12.7. The van der Waals surface area contributed by atoms with Gasteiger partial charge in [0.15, 0.2) is 0 Å². The molecule has 0 unspecified atom stereocenters. The van der Waals surface area contributed by atoms with Crippen LogP contribution in [0.2, 0.25) is 0 Å². The van der Waals surface area contributed by atoms with E-state index < -0.39 is 11.7 Å². The summed E-state index contributed by atoms with van der Waals surface area (Å²) in [6.07, 6.45) is 2.12. The molecule has 6 heteroatoms. The van der Waals surface area contributed by atoms with Crippen molar-refractivity contribution in [1.82, 2.24) is 0 Å². The molecular weight excluding hydrogens is 295 g/mol. The Balaban J connectivity index is 2.17. The van der Waals surface area contributed by atoms with Crippen LogP contribution in [0, 0.1) is 18.3 Å². The minimum atomic E-state index is -4.41. The van der Waals surface area contributed by atoms with Gasteiger partial charge in [0.05, 0.1) is 24.3 Å². The van der Waals surface area contributed by atoms with Gasteiger partial charge < -0.3 is 9.64 Å². The van der Waals surface area contributed by atoms with Crippen molar-refractivity contribution >= 4 is 11.7 Å². The highest BCUT2D eigenvalue weighted by Gasteiger charge is 2.32. The first-order valence-electron chi connectivity index (χ1n) is 6.87. The molecule has 0 aromatic heterocycles. The van der Waals surface area contributed by atoms with Gasteiger partial charge in [-0.3, -0.25) is 4.79 Å². The van der Waals surface area contributed by atoms with E-state index >= 15 is 0 Å². The number of hydrogen-bond donors (Lipinski definition) is 0. The smallest absolute Gasteiger partial charge is 0.416 e. The largest absolute Gasteiger partial charge is 0.469 e. The van der Waals surface area contributed by atoms with Crippen molar-refractivity contribution in [2.24, 2.45) is 5.92 Å². The Morgan fingerprint density at radius 3 is 2.50 bits per heavy atom. The highest BCUT2D eigenvalue weighted by atomic mass is 19.4. The molecule has 118 valence electrons. The number of benzene rings is 1. The fraction of sp³-hybridized carbons (Fsp3) is 0.438. The summed E-state index contributed by atoms with van der Waals surface area (Å²) in [5, 5.41) is 0. The van der Waals surface area contributed by atoms with Crippen molar-refractivity contribution < 1.29 is 22.7 Å². The summed E-state index contributed by atoms with van der Waals surface area (Å²) in [5.41, 5.74) is 0.0544. The lowest BCUT2D eigenvalue weighted by Gasteiger charge is -2.33. The third-order valence-electron chi connectivity index (χ3n) is 3.85. The molecule has 0 aliphatic carbocycles. The quantitative estimate of drug-likeness (QED) is 0.621. The summed E-state index contributed by atoms with van der Waals surface area (Å²) in [5.74, 6) is 1.91. The molecular formula is C16H16F3NO2. The first kappa shape index (κ1) is 16.2. The molecule has 0 radical (unpaired) electrons. The number of piperidine rings is 1. The van der Waals surface area contributed by atoms with Crippen LogP contribution in [0.15, 0.2) is 18.2 Å². The summed E-state index contributed by atoms with van der Waals surface area (Å²) in [6.45, 7) is 1.11. The summed E-state index contributed by atoms with van der Waals surface area (Å²) >= 11 is 0. The number of nitrogens with zero attached hydrogens (tertiary/aromatic N) is 1. The van der Waals surface area contributed by atoms with Crippen molar-refractivity contribution in [3.8, 4) is 12.3 Å². The van der Waals surface area contributed by atoms with E-state index in [4.69, 9.17) is 11.2 Å². The fourth-order valence-electron chi connectivity index (χ4n) is 2.63. The third-order valence-corrected chi connectivity index (χ3v) is 3.85. The number of alkyl halides is 3. The predicted octanol–water partition coefficient (Wildman–Crippen LogP) is 3.08. The second-order valence-corrected chi connectivity index (χ2v) is 5.16. The van der Waals surface area contributed by atoms with Crippen LogP contribution in [0.4, 0.5) is 18.9 Å². The van der Waals surface area contributed by atoms with E-state index in [1.807, 2.05) is 4.90 Å². The number of carbonyl (C=O) groups excluding carboxylic acids is 1. The Labute approximate surface area is 127 Å². The highest BCUT2D eigenvalue weighted by Crippen LogP contribution is 2.34. The molecule has 0 amide bonds. The third kappa shape index (κ3) is 3.35. The van der Waals surface area contributed by atoms with Gasteiger partial charge in [0.2, 0.25) is 0 Å². The van der Waals surface area contributed by atoms with Crippen LogP contribution in [0.5, 0.6) is 0 Å². The van der Waals surface area contributed by atoms with Crippen molar-refractivity contribution in [2.45, 2.75) is 19.0 Å². The van der Waals surface area contributed by atoms with Crippen LogP contribution >= 0.6 is 0 Å². The molecule has 0 bridgehead atoms. The molecule has 0 N–H and O–H groups in total. The topological polar surface area (TPSA) is 29.5 Å². The average Bonchev–Trinajstić information content (AvgIpc) is 2.52. The van der Waals surface area contributed by atoms with Crippen LogP contribution in [0.3, 0.4) is 0 Å². The number of rotatable bonds is 2. The van der Waals surface area contributed by atoms with Crippen LogP contribution in [0.25, 0.3) is 0 Å². The Morgan fingerprint density at radius 1 is 1.36 bits per heavy atom. The monoisotopic (exact) mass is 311 g/mol. The van der Waals surface area contributed by atoms with Crippen molar-refractivity contribution in [3.05, 3.63) is 29.3 Å². The average molecular weight is 311 g/mol. The van der Waals surface area contributed by atoms with Gasteiger partial charge in [-0.05, 0) is 31.0 Å². The molecule has 3 nitrogen and oxygen atoms in total. The lowest BCUT2D eigenvalue weighted by atomic mass is 9.96. The second kappa shape index (κ2) is 6.30. The standard InChI is InChI=1S/C16H16F3NO2/c1-3-11-10-13(16(17,18)19)4-5-14(11)20-8-6-12(7-9-20)15(21)22-2/h1,4-5,10,12H,6-9H2,2H3. The Kier molecular flexibility index (Phi) is 4.65. The van der Waals surface area contributed by atoms with E-state index in [9.17, 15) is 18.0 Å². The lowest BCUT2D eigenvalue weighted by Crippen LogP contribution is -2.37. The van der Waals surface area contributed by atoms with Gasteiger partial charge in [0, 0.05) is 18.7 Å². The predicted molar refractivity (Wildman–Crippen MR) is 76.3 cm³/mol. The summed E-state index contributed by atoms with van der Waals surface area (Å²) in [4.78, 5) is 13.4. The highest BCUT2D eigenvalue weighted by molar-refractivity contribution is 5.73. The Hall–Kier alpha value is -2.16. The van der Waals surface area contributed by atoms with Gasteiger partial charge in [0.25, 0.3) is 0 Å². The molecule has 1 heterocycles. The van der Waals surface area contributed by atoms with Crippen LogP contribution in [0.1, 0.15) is 24.0 Å². The molecule has 22 heavy (non-hydrogen) atoms. The van der Waals surface area contributed by atoms with Crippen LogP contribution < -0.4 is 4.90 Å². The number of esters is 1. The molecule has 0 saturated carbocycles. The fourth-order valence-corrected chi connectivity index (χ4v) is 2.63. The summed E-state index contributed by atoms with van der Waals surface area (Å²) < 4.78 is 42.9. The van der Waals surface area contributed by atoms with E-state index in [0.29, 0.717) is 31.6 Å². The number of methoxy groups -OCH3 is 1. The van der Waals surface area contributed by atoms with Crippen molar-refractivity contribution in [3.63, 3.8) is 0 Å². The summed E-state index contributed by atoms with van der Waals surface area (Å²) in [7, 11) is 1.35. The van der Waals surface area contributed by atoms with Gasteiger partial charge >= 0.3 is 12.1 Å². The van der Waals surface area contributed by atoms with Gasteiger partial charge in [0.1, 0.15) is 0 Å². The maximum Gasteiger partial charge on any atom is 0.416 e. The minimum Gasteiger partial charge on any atom is -0.469 e. The van der Waals surface area contributed by atoms with Gasteiger partial charge in [-0.15, -0.1) is 6.42 Å². The number of anilines is 1. The number of terminal acetylenes is 1. The van der Waals surface area contributed by atoms with Crippen molar-refractivity contribution in [1.29, 1.82) is 0 Å². The van der Waals surface area contributed by atoms with E-state index in [1.165, 1.54) is 13.2 Å². The number of carbonyl (C=O) groups is 1. The van der Waals surface area contributed by atoms with E-state index in [0.717, 1.165) is 12.1 Å². The molecule has 1 aromatic rings. The van der Waals surface area contributed by atoms with Crippen molar-refractivity contribution in [2.75, 3.05) is 25.1 Å². The van der Waals surface area contributed by atoms with Gasteiger partial charge in [-0.25, -0.2) is 0 Å². The molecule has 1 aliphatic rings. The molecule has 1 aliphatic heterocycles. The molecule has 1 fully saturated rings. The van der Waals surface area contributed by atoms with E-state index in [1.54, 1.807) is 0 Å². The zero-order valence-electron chi connectivity index (χ0n) is 12.1. The Bertz CT molecular complexity index is 596. The first-order valence-corrected chi connectivity index (χ1v) is 6.87. The number of halogens is 3. The maximum absolute atomic E-state index is 12.7. The summed E-state index contributed by atoms with van der Waals surface area (Å²) in [6, 6.07) is 3.42. The van der Waals surface area contributed by atoms with Crippen LogP contribution in [-0.4, -0.2) is 26.2 Å². The number of hydrogen-bond acceptors (Lipinski definition) is 3. The number of ether oxygens (including phenoxy) is 1. The lowest BCUT2D eigenvalue weighted by molar-refractivity contribution is -0.146. The normalized spacial score (nSPS) is 16.2.